The van der Waals surface area contributed by atoms with Gasteiger partial charge in [-0.3, -0.25) is 4.79 Å². The molecule has 0 saturated carbocycles. The summed E-state index contributed by atoms with van der Waals surface area (Å²) in [5.74, 6) is -2.51. The summed E-state index contributed by atoms with van der Waals surface area (Å²) >= 11 is 0. The number of hydrogen-bond donors (Lipinski definition) is 3. The molecule has 7 rings (SSSR count). The summed E-state index contributed by atoms with van der Waals surface area (Å²) in [5, 5.41) is 27.1. The summed E-state index contributed by atoms with van der Waals surface area (Å²) in [4.78, 5) is 14.4. The van der Waals surface area contributed by atoms with E-state index in [0.717, 1.165) is 12.0 Å². The van der Waals surface area contributed by atoms with Crippen LogP contribution in [0.5, 0.6) is 0 Å². The molecule has 4 fully saturated rings. The van der Waals surface area contributed by atoms with Crippen LogP contribution in [0.3, 0.4) is 0 Å². The van der Waals surface area contributed by atoms with Crippen molar-refractivity contribution in [1.29, 1.82) is 0 Å². The third-order valence-corrected chi connectivity index (χ3v) is 14.9. The zero-order valence-electron chi connectivity index (χ0n) is 39.3. The first-order chi connectivity index (χ1) is 30.0. The second-order valence-corrected chi connectivity index (χ2v) is 19.3. The van der Waals surface area contributed by atoms with E-state index in [2.05, 4.69) is 52.1 Å². The summed E-state index contributed by atoms with van der Waals surface area (Å²) < 4.78 is 64.6. The molecule has 1 aliphatic carbocycles. The van der Waals surface area contributed by atoms with Gasteiger partial charge in [0.2, 0.25) is 0 Å². The van der Waals surface area contributed by atoms with Gasteiger partial charge in [-0.25, -0.2) is 0 Å². The molecule has 63 heavy (non-hydrogen) atoms. The van der Waals surface area contributed by atoms with Crippen molar-refractivity contribution >= 4 is 5.97 Å². The number of methoxy groups -OCH3 is 2. The van der Waals surface area contributed by atoms with Gasteiger partial charge in [-0.05, 0) is 69.9 Å². The van der Waals surface area contributed by atoms with Crippen LogP contribution in [0.15, 0.2) is 59.3 Å². The number of nitrogens with one attached hydrogen (secondary N) is 1. The Morgan fingerprint density at radius 1 is 0.921 bits per heavy atom. The fourth-order valence-electron chi connectivity index (χ4n) is 11.0. The molecule has 6 aliphatic heterocycles. The quantitative estimate of drug-likeness (QED) is 0.194. The van der Waals surface area contributed by atoms with Crippen LogP contribution in [-0.4, -0.2) is 141 Å². The zero-order chi connectivity index (χ0) is 45.4. The van der Waals surface area contributed by atoms with Gasteiger partial charge < -0.3 is 62.9 Å². The van der Waals surface area contributed by atoms with Gasteiger partial charge in [-0.1, -0.05) is 70.6 Å². The number of aliphatic hydroxyl groups is 2. The van der Waals surface area contributed by atoms with Gasteiger partial charge in [-0.15, -0.1) is 0 Å². The minimum atomic E-state index is -1.83. The molecule has 2 bridgehead atoms. The molecule has 6 heterocycles. The molecule has 0 aromatic heterocycles. The fourth-order valence-corrected chi connectivity index (χ4v) is 11.0. The highest BCUT2D eigenvalue weighted by Gasteiger charge is 2.60. The summed E-state index contributed by atoms with van der Waals surface area (Å²) in [6.07, 6.45) is 10.7. The van der Waals surface area contributed by atoms with Crippen LogP contribution in [0, 0.1) is 23.7 Å². The molecule has 14 heteroatoms. The smallest absolute Gasteiger partial charge is 0.316 e. The Balaban J connectivity index is 1.18. The molecular weight excluding hydrogens is 811 g/mol. The van der Waals surface area contributed by atoms with Crippen LogP contribution < -0.4 is 5.32 Å². The molecule has 11 unspecified atom stereocenters. The average Bonchev–Trinajstić information content (AvgIpc) is 3.60. The minimum Gasteiger partial charge on any atom is -0.462 e. The summed E-state index contributed by atoms with van der Waals surface area (Å²) in [7, 11) is 5.30. The van der Waals surface area contributed by atoms with E-state index in [1.165, 1.54) is 0 Å². The monoisotopic (exact) mass is 886 g/mol. The van der Waals surface area contributed by atoms with E-state index in [0.29, 0.717) is 43.3 Å². The lowest BCUT2D eigenvalue weighted by atomic mass is 9.71. The molecule has 0 aromatic carbocycles. The van der Waals surface area contributed by atoms with E-state index in [1.807, 2.05) is 39.1 Å². The van der Waals surface area contributed by atoms with Crippen molar-refractivity contribution < 1.29 is 62.4 Å². The van der Waals surface area contributed by atoms with Gasteiger partial charge in [0.25, 0.3) is 0 Å². The van der Waals surface area contributed by atoms with Gasteiger partial charge in [0.15, 0.2) is 18.4 Å². The predicted octanol–water partition coefficient (Wildman–Crippen LogP) is 5.60. The van der Waals surface area contributed by atoms with E-state index in [1.54, 1.807) is 33.3 Å². The number of carbonyl (C=O) groups excluding carboxylic acids is 1. The maximum atomic E-state index is 14.4. The number of fused-ring (bicyclic) bond motifs is 2. The van der Waals surface area contributed by atoms with Gasteiger partial charge in [0.05, 0.1) is 55.4 Å². The highest BCUT2D eigenvalue weighted by atomic mass is 16.7. The Morgan fingerprint density at radius 3 is 2.35 bits per heavy atom. The van der Waals surface area contributed by atoms with E-state index in [9.17, 15) is 15.0 Å². The largest absolute Gasteiger partial charge is 0.462 e. The average molecular weight is 886 g/mol. The van der Waals surface area contributed by atoms with Crippen molar-refractivity contribution in [1.82, 2.24) is 5.32 Å². The van der Waals surface area contributed by atoms with E-state index >= 15 is 0 Å². The molecule has 0 amide bonds. The molecule has 354 valence electrons. The molecular formula is C49H75NO13. The first-order valence-electron chi connectivity index (χ1n) is 23.4. The third kappa shape index (κ3) is 10.0. The number of allylic oxidation sites excluding steroid dienone is 2. The number of aliphatic hydroxyl groups excluding tert-OH is 1. The van der Waals surface area contributed by atoms with Crippen LogP contribution in [-0.2, 0) is 52.2 Å². The SMILES string of the molecule is CCC(C)[C@@H]1O[C@]2(C=CC1C)C[C@H]1C[C@@H](CC=C(C)C(O[C@H]3CC(OC)[C@H](OC4CC(OC)C(NC)C(C)O4)C(C)O3)C(C)C=CC=C3CO[C@H]4C(O)C(C)=C[C@@H](C(=O)O1)[C@]34O)O2. The lowest BCUT2D eigenvalue weighted by Crippen LogP contribution is -2.58. The van der Waals surface area contributed by atoms with Crippen molar-refractivity contribution in [3.05, 3.63) is 59.3 Å². The molecule has 1 spiro atoms. The Hall–Kier alpha value is -2.31. The summed E-state index contributed by atoms with van der Waals surface area (Å²) in [6, 6.07) is 0.0442. The molecule has 14 nitrogen and oxygen atoms in total. The second-order valence-electron chi connectivity index (χ2n) is 19.3. The molecule has 20 atom stereocenters. The Morgan fingerprint density at radius 2 is 1.63 bits per heavy atom. The molecule has 3 N–H and O–H groups in total. The van der Waals surface area contributed by atoms with Gasteiger partial charge in [0.1, 0.15) is 35.9 Å². The highest BCUT2D eigenvalue weighted by molar-refractivity contribution is 5.78. The van der Waals surface area contributed by atoms with E-state index in [4.69, 9.17) is 47.4 Å². The lowest BCUT2D eigenvalue weighted by Gasteiger charge is -2.48. The molecule has 4 saturated heterocycles. The predicted molar refractivity (Wildman–Crippen MR) is 234 cm³/mol. The van der Waals surface area contributed by atoms with Crippen LogP contribution in [0.1, 0.15) is 93.9 Å². The Bertz CT molecular complexity index is 1750. The van der Waals surface area contributed by atoms with Crippen molar-refractivity contribution in [2.75, 3.05) is 27.9 Å². The topological polar surface area (TPSA) is 162 Å². The highest BCUT2D eigenvalue weighted by Crippen LogP contribution is 2.47. The maximum absolute atomic E-state index is 14.4. The number of hydrogen-bond acceptors (Lipinski definition) is 14. The maximum Gasteiger partial charge on any atom is 0.316 e. The Labute approximate surface area is 374 Å². The first kappa shape index (κ1) is 48.6. The van der Waals surface area contributed by atoms with Crippen molar-refractivity contribution in [2.24, 2.45) is 23.7 Å². The molecule has 7 aliphatic rings. The number of esters is 1. The minimum absolute atomic E-state index is 0.0411. The van der Waals surface area contributed by atoms with Crippen molar-refractivity contribution in [3.8, 4) is 0 Å². The lowest BCUT2D eigenvalue weighted by molar-refractivity contribution is -0.312. The van der Waals surface area contributed by atoms with Gasteiger partial charge in [0, 0.05) is 51.7 Å². The van der Waals surface area contributed by atoms with Crippen LogP contribution >= 0.6 is 0 Å². The standard InChI is InChI=1S/C49H75NO13/c1-12-26(2)44-29(5)18-19-48(63-44)24-35-21-34(62-48)17-16-28(4)43(27(3)14-13-15-33-25-56-46-42(51)30(6)20-36(47(52)59-35)49(33,46)53)60-40-23-38(55-11)45(32(8)58-40)61-39-22-37(54-10)41(50-9)31(7)57-39/h13-16,18-20,26-27,29,31-32,34-46,50-51,53H,12,17,21-25H2,1-11H3/t26?,27?,29?,31?,32?,34-,35-,36+,37?,38?,39?,40+,41?,42?,43?,44+,45-,46+,48-,49-/m1/s1. The van der Waals surface area contributed by atoms with Crippen LogP contribution in [0.2, 0.25) is 0 Å². The number of likely N-dealkylation sites (N-methyl/N-ethyl adjacent to an activating group) is 1. The fraction of sp³-hybridized carbons (Fsp3) is 0.776. The third-order valence-electron chi connectivity index (χ3n) is 14.9. The Kier molecular flexibility index (Phi) is 15.7. The summed E-state index contributed by atoms with van der Waals surface area (Å²) in [5.41, 5.74) is 0.180. The number of carbonyl (C=O) groups is 1. The molecule has 0 radical (unpaired) electrons. The zero-order valence-corrected chi connectivity index (χ0v) is 39.3. The van der Waals surface area contributed by atoms with E-state index < -0.39 is 66.4 Å². The van der Waals surface area contributed by atoms with Crippen molar-refractivity contribution in [2.45, 2.75) is 191 Å². The van der Waals surface area contributed by atoms with Crippen LogP contribution in [0.25, 0.3) is 0 Å². The molecule has 0 aromatic rings. The summed E-state index contributed by atoms with van der Waals surface area (Å²) in [6.45, 7) is 16.4. The van der Waals surface area contributed by atoms with Crippen molar-refractivity contribution in [3.63, 3.8) is 0 Å². The number of rotatable bonds is 9. The van der Waals surface area contributed by atoms with E-state index in [-0.39, 0.29) is 67.0 Å². The normalized spacial score (nSPS) is 46.4. The van der Waals surface area contributed by atoms with Gasteiger partial charge >= 0.3 is 5.97 Å². The van der Waals surface area contributed by atoms with Gasteiger partial charge in [-0.2, -0.15) is 0 Å². The second kappa shape index (κ2) is 20.3. The first-order valence-corrected chi connectivity index (χ1v) is 23.4. The van der Waals surface area contributed by atoms with Crippen LogP contribution in [0.4, 0.5) is 0 Å². The number of ether oxygens (including phenoxy) is 10.